The van der Waals surface area contributed by atoms with E-state index >= 15 is 0 Å². The Labute approximate surface area is 146 Å². The Bertz CT molecular complexity index is 706. The van der Waals surface area contributed by atoms with Gasteiger partial charge in [0.15, 0.2) is 0 Å². The maximum absolute atomic E-state index is 12.5. The van der Waals surface area contributed by atoms with Crippen molar-refractivity contribution < 1.29 is 9.90 Å². The number of amides is 2. The van der Waals surface area contributed by atoms with E-state index in [0.717, 1.165) is 40.4 Å². The highest BCUT2D eigenvalue weighted by Gasteiger charge is 2.24. The number of thiazole rings is 1. The lowest BCUT2D eigenvalue weighted by atomic mass is 10.2. The molecule has 24 heavy (non-hydrogen) atoms. The van der Waals surface area contributed by atoms with Crippen molar-refractivity contribution in [3.63, 3.8) is 0 Å². The van der Waals surface area contributed by atoms with E-state index in [0.29, 0.717) is 13.1 Å². The zero-order chi connectivity index (χ0) is 17.1. The number of aliphatic hydroxyl groups excluding tert-OH is 1. The molecule has 0 bridgehead atoms. The van der Waals surface area contributed by atoms with Crippen molar-refractivity contribution in [1.82, 2.24) is 14.8 Å². The lowest BCUT2D eigenvalue weighted by Crippen LogP contribution is -2.53. The molecule has 130 valence electrons. The normalized spacial score (nSPS) is 17.2. The monoisotopic (exact) mass is 348 g/mol. The van der Waals surface area contributed by atoms with Crippen LogP contribution in [0.5, 0.6) is 0 Å². The van der Waals surface area contributed by atoms with Gasteiger partial charge in [0.1, 0.15) is 0 Å². The Morgan fingerprint density at radius 2 is 2.12 bits per heavy atom. The summed E-state index contributed by atoms with van der Waals surface area (Å²) in [5, 5.41) is 13.4. The van der Waals surface area contributed by atoms with Crippen LogP contribution in [0.25, 0.3) is 10.2 Å². The molecule has 3 rings (SSSR count). The van der Waals surface area contributed by atoms with Gasteiger partial charge in [-0.25, -0.2) is 9.78 Å². The minimum atomic E-state index is -0.0627. The van der Waals surface area contributed by atoms with Crippen LogP contribution < -0.4 is 5.32 Å². The molecule has 1 saturated heterocycles. The molecule has 0 saturated carbocycles. The van der Waals surface area contributed by atoms with E-state index in [4.69, 9.17) is 0 Å². The molecule has 7 heteroatoms. The maximum atomic E-state index is 12.5. The smallest absolute Gasteiger partial charge is 0.321 e. The number of carbonyl (C=O) groups is 1. The standard InChI is InChI=1S/C17H24N4O2S/c1-3-14(11-22)20-6-8-21(9-7-20)17(23)19-13-4-5-15-16(10-13)24-12(2)18-15/h4-5,10,14,22H,3,6-9,11H2,1-2H3,(H,19,23). The quantitative estimate of drug-likeness (QED) is 0.891. The van der Waals surface area contributed by atoms with Crippen LogP contribution >= 0.6 is 11.3 Å². The van der Waals surface area contributed by atoms with Crippen molar-refractivity contribution >= 4 is 33.3 Å². The fourth-order valence-corrected chi connectivity index (χ4v) is 3.98. The number of piperazine rings is 1. The van der Waals surface area contributed by atoms with E-state index in [1.165, 1.54) is 0 Å². The van der Waals surface area contributed by atoms with Crippen LogP contribution in [0.15, 0.2) is 18.2 Å². The molecule has 1 atom stereocenters. The number of nitrogens with zero attached hydrogens (tertiary/aromatic N) is 3. The van der Waals surface area contributed by atoms with E-state index < -0.39 is 0 Å². The Morgan fingerprint density at radius 1 is 1.38 bits per heavy atom. The largest absolute Gasteiger partial charge is 0.395 e. The number of benzene rings is 1. The lowest BCUT2D eigenvalue weighted by Gasteiger charge is -2.38. The lowest BCUT2D eigenvalue weighted by molar-refractivity contribution is 0.0766. The van der Waals surface area contributed by atoms with Gasteiger partial charge in [-0.2, -0.15) is 0 Å². The molecule has 1 aliphatic heterocycles. The number of hydrogen-bond acceptors (Lipinski definition) is 5. The summed E-state index contributed by atoms with van der Waals surface area (Å²) in [7, 11) is 0. The zero-order valence-corrected chi connectivity index (χ0v) is 15.0. The van der Waals surface area contributed by atoms with Gasteiger partial charge in [0.25, 0.3) is 0 Å². The average Bonchev–Trinajstić information content (AvgIpc) is 2.96. The number of aryl methyl sites for hydroxylation is 1. The summed E-state index contributed by atoms with van der Waals surface area (Å²) in [5.74, 6) is 0. The molecule has 1 fully saturated rings. The van der Waals surface area contributed by atoms with E-state index in [1.807, 2.05) is 30.0 Å². The molecule has 1 aromatic carbocycles. The maximum Gasteiger partial charge on any atom is 0.321 e. The summed E-state index contributed by atoms with van der Waals surface area (Å²) >= 11 is 1.63. The number of fused-ring (bicyclic) bond motifs is 1. The second kappa shape index (κ2) is 7.46. The van der Waals surface area contributed by atoms with Crippen LogP contribution in [0.2, 0.25) is 0 Å². The highest BCUT2D eigenvalue weighted by atomic mass is 32.1. The SMILES string of the molecule is CCC(CO)N1CCN(C(=O)Nc2ccc3nc(C)sc3c2)CC1. The molecular formula is C17H24N4O2S. The summed E-state index contributed by atoms with van der Waals surface area (Å²) in [6, 6.07) is 5.96. The highest BCUT2D eigenvalue weighted by Crippen LogP contribution is 2.25. The van der Waals surface area contributed by atoms with Gasteiger partial charge in [-0.3, -0.25) is 4.90 Å². The third-order valence-corrected chi connectivity index (χ3v) is 5.48. The van der Waals surface area contributed by atoms with Crippen molar-refractivity contribution in [3.8, 4) is 0 Å². The van der Waals surface area contributed by atoms with E-state index in [9.17, 15) is 9.90 Å². The van der Waals surface area contributed by atoms with Crippen LogP contribution in [0.1, 0.15) is 18.4 Å². The van der Waals surface area contributed by atoms with Gasteiger partial charge < -0.3 is 15.3 Å². The van der Waals surface area contributed by atoms with Crippen molar-refractivity contribution in [1.29, 1.82) is 0 Å². The second-order valence-electron chi connectivity index (χ2n) is 6.11. The molecule has 1 aromatic heterocycles. The van der Waals surface area contributed by atoms with Gasteiger partial charge in [0.05, 0.1) is 21.8 Å². The first-order chi connectivity index (χ1) is 11.6. The summed E-state index contributed by atoms with van der Waals surface area (Å²) in [5.41, 5.74) is 1.78. The van der Waals surface area contributed by atoms with E-state index in [-0.39, 0.29) is 18.7 Å². The van der Waals surface area contributed by atoms with Crippen LogP contribution in [0.3, 0.4) is 0 Å². The minimum Gasteiger partial charge on any atom is -0.395 e. The number of hydrogen-bond donors (Lipinski definition) is 2. The number of aliphatic hydroxyl groups is 1. The minimum absolute atomic E-state index is 0.0627. The van der Waals surface area contributed by atoms with Gasteiger partial charge >= 0.3 is 6.03 Å². The van der Waals surface area contributed by atoms with Gasteiger partial charge in [-0.05, 0) is 31.5 Å². The molecule has 2 amide bonds. The van der Waals surface area contributed by atoms with Crippen LogP contribution in [0, 0.1) is 6.92 Å². The number of nitrogens with one attached hydrogen (secondary N) is 1. The van der Waals surface area contributed by atoms with Gasteiger partial charge in [0, 0.05) is 37.9 Å². The first-order valence-electron chi connectivity index (χ1n) is 8.38. The fraction of sp³-hybridized carbons (Fsp3) is 0.529. The molecule has 0 radical (unpaired) electrons. The van der Waals surface area contributed by atoms with Crippen molar-refractivity contribution in [3.05, 3.63) is 23.2 Å². The van der Waals surface area contributed by atoms with Gasteiger partial charge in [0.2, 0.25) is 0 Å². The Hall–Kier alpha value is -1.70. The molecule has 2 aromatic rings. The van der Waals surface area contributed by atoms with Crippen molar-refractivity contribution in [2.45, 2.75) is 26.3 Å². The van der Waals surface area contributed by atoms with Gasteiger partial charge in [-0.1, -0.05) is 6.92 Å². The number of aromatic nitrogens is 1. The third kappa shape index (κ3) is 3.68. The average molecular weight is 348 g/mol. The van der Waals surface area contributed by atoms with Crippen LogP contribution in [-0.4, -0.2) is 64.7 Å². The Morgan fingerprint density at radius 3 is 2.79 bits per heavy atom. The first-order valence-corrected chi connectivity index (χ1v) is 9.20. The molecule has 6 nitrogen and oxygen atoms in total. The number of rotatable bonds is 4. The topological polar surface area (TPSA) is 68.7 Å². The third-order valence-electron chi connectivity index (χ3n) is 4.55. The molecule has 1 aliphatic rings. The number of urea groups is 1. The predicted octanol–water partition coefficient (Wildman–Crippen LogP) is 2.53. The predicted molar refractivity (Wildman–Crippen MR) is 97.7 cm³/mol. The summed E-state index contributed by atoms with van der Waals surface area (Å²) in [4.78, 5) is 21.0. The van der Waals surface area contributed by atoms with E-state index in [1.54, 1.807) is 11.3 Å². The number of anilines is 1. The van der Waals surface area contributed by atoms with Crippen molar-refractivity contribution in [2.24, 2.45) is 0 Å². The molecule has 2 N–H and O–H groups in total. The molecule has 1 unspecified atom stereocenters. The summed E-state index contributed by atoms with van der Waals surface area (Å²) < 4.78 is 1.09. The fourth-order valence-electron chi connectivity index (χ4n) is 3.11. The summed E-state index contributed by atoms with van der Waals surface area (Å²) in [6.45, 7) is 7.22. The van der Waals surface area contributed by atoms with Crippen molar-refractivity contribution in [2.75, 3.05) is 38.1 Å². The molecule has 2 heterocycles. The second-order valence-corrected chi connectivity index (χ2v) is 7.35. The summed E-state index contributed by atoms with van der Waals surface area (Å²) in [6.07, 6.45) is 0.928. The first kappa shape index (κ1) is 17.1. The highest BCUT2D eigenvalue weighted by molar-refractivity contribution is 7.18. The van der Waals surface area contributed by atoms with Crippen LogP contribution in [0.4, 0.5) is 10.5 Å². The molecule has 0 aliphatic carbocycles. The van der Waals surface area contributed by atoms with E-state index in [2.05, 4.69) is 22.1 Å². The van der Waals surface area contributed by atoms with Crippen LogP contribution in [-0.2, 0) is 0 Å². The molecular weight excluding hydrogens is 324 g/mol. The number of carbonyl (C=O) groups excluding carboxylic acids is 1. The Balaban J connectivity index is 1.58. The zero-order valence-electron chi connectivity index (χ0n) is 14.2. The van der Waals surface area contributed by atoms with Gasteiger partial charge in [-0.15, -0.1) is 11.3 Å². The Kier molecular flexibility index (Phi) is 5.33. The molecule has 0 spiro atoms.